The van der Waals surface area contributed by atoms with Gasteiger partial charge in [-0.05, 0) is 37.7 Å². The molecule has 3 heterocycles. The molecule has 0 aliphatic carbocycles. The molecule has 4 rings (SSSR count). The summed E-state index contributed by atoms with van der Waals surface area (Å²) in [4.78, 5) is 10.2. The number of halogens is 3. The molecule has 2 aromatic heterocycles. The number of ether oxygens (including phenoxy) is 1. The Hall–Kier alpha value is -3.50. The first kappa shape index (κ1) is 23.7. The minimum atomic E-state index is -0.699. The number of pyridine rings is 1. The maximum Gasteiger partial charge on any atom is 0.175 e. The number of nitrogens with zero attached hydrogens (tertiary/aromatic N) is 4. The van der Waals surface area contributed by atoms with E-state index in [0.717, 1.165) is 0 Å². The van der Waals surface area contributed by atoms with Gasteiger partial charge in [-0.2, -0.15) is 5.10 Å². The number of benzene rings is 1. The molecule has 0 amide bonds. The first-order valence-corrected chi connectivity index (χ1v) is 10.8. The molecule has 0 radical (unpaired) electrons. The maximum absolute atomic E-state index is 15.3. The average Bonchev–Trinajstić information content (AvgIpc) is 3.18. The van der Waals surface area contributed by atoms with Crippen molar-refractivity contribution in [3.8, 4) is 11.3 Å². The fourth-order valence-corrected chi connectivity index (χ4v) is 3.82. The van der Waals surface area contributed by atoms with E-state index in [1.54, 1.807) is 7.05 Å². The number of aromatic nitrogens is 3. The highest BCUT2D eigenvalue weighted by Crippen LogP contribution is 2.25. The second kappa shape index (κ2) is 10.2. The van der Waals surface area contributed by atoms with Crippen molar-refractivity contribution in [2.24, 2.45) is 4.99 Å². The summed E-state index contributed by atoms with van der Waals surface area (Å²) in [6.45, 7) is 7.93. The van der Waals surface area contributed by atoms with E-state index in [-0.39, 0.29) is 22.7 Å². The van der Waals surface area contributed by atoms with Crippen molar-refractivity contribution in [1.82, 2.24) is 20.5 Å². The summed E-state index contributed by atoms with van der Waals surface area (Å²) in [6.07, 6.45) is 2.89. The molecule has 1 aromatic carbocycles. The van der Waals surface area contributed by atoms with Crippen LogP contribution in [-0.4, -0.2) is 54.2 Å². The van der Waals surface area contributed by atoms with Gasteiger partial charge in [-0.15, -0.1) is 0 Å². The zero-order valence-corrected chi connectivity index (χ0v) is 19.0. The summed E-state index contributed by atoms with van der Waals surface area (Å²) >= 11 is 0. The average molecular weight is 470 g/mol. The molecule has 178 valence electrons. The van der Waals surface area contributed by atoms with Crippen LogP contribution in [0.5, 0.6) is 0 Å². The fourth-order valence-electron chi connectivity index (χ4n) is 3.82. The molecule has 7 nitrogen and oxygen atoms in total. The van der Waals surface area contributed by atoms with E-state index < -0.39 is 17.5 Å². The van der Waals surface area contributed by atoms with Gasteiger partial charge in [0.25, 0.3) is 0 Å². The molecule has 1 saturated heterocycles. The minimum Gasteiger partial charge on any atom is -0.378 e. The van der Waals surface area contributed by atoms with Crippen LogP contribution in [0.25, 0.3) is 24.0 Å². The molecule has 1 aliphatic rings. The molecule has 3 aromatic rings. The molecule has 34 heavy (non-hydrogen) atoms. The van der Waals surface area contributed by atoms with Crippen molar-refractivity contribution in [3.63, 3.8) is 0 Å². The Balaban J connectivity index is 1.67. The van der Waals surface area contributed by atoms with E-state index >= 15 is 4.39 Å². The highest BCUT2D eigenvalue weighted by atomic mass is 19.1. The van der Waals surface area contributed by atoms with Gasteiger partial charge in [0.2, 0.25) is 0 Å². The third kappa shape index (κ3) is 4.73. The van der Waals surface area contributed by atoms with E-state index in [0.29, 0.717) is 54.7 Å². The summed E-state index contributed by atoms with van der Waals surface area (Å²) in [5.74, 6) is -1.67. The van der Waals surface area contributed by atoms with Gasteiger partial charge < -0.3 is 15.0 Å². The topological polar surface area (TPSA) is 78.4 Å². The van der Waals surface area contributed by atoms with Gasteiger partial charge in [-0.25, -0.2) is 18.2 Å². The Bertz CT molecular complexity index is 1310. The van der Waals surface area contributed by atoms with Crippen molar-refractivity contribution in [2.45, 2.75) is 13.5 Å². The number of aliphatic imine (C=N–C) groups is 1. The number of morpholine rings is 1. The quantitative estimate of drug-likeness (QED) is 0.540. The van der Waals surface area contributed by atoms with E-state index in [2.05, 4.69) is 32.1 Å². The standard InChI is InChI=1S/C24H25F3N6O/c1-14-20(13-30-15(2)21-18(25)10-16(12-28-3)11-19(21)26)31-32-23(14)17-4-5-29-24(22(17)27)33-6-8-34-9-7-33/h4-5,10-11,13,28,31H,1,6-9,12H2,2-3H3/b20-13+,30-15?. The first-order chi connectivity index (χ1) is 16.4. The molecular formula is C24H25F3N6O. The summed E-state index contributed by atoms with van der Waals surface area (Å²) in [5, 5.41) is 10.6. The van der Waals surface area contributed by atoms with Gasteiger partial charge in [0.15, 0.2) is 11.6 Å². The van der Waals surface area contributed by atoms with Crippen molar-refractivity contribution >= 4 is 24.3 Å². The van der Waals surface area contributed by atoms with Crippen LogP contribution in [-0.2, 0) is 11.3 Å². The van der Waals surface area contributed by atoms with E-state index in [4.69, 9.17) is 4.74 Å². The molecule has 0 atom stereocenters. The number of rotatable bonds is 6. The number of nitrogens with one attached hydrogen (secondary N) is 2. The largest absolute Gasteiger partial charge is 0.378 e. The molecule has 0 unspecified atom stereocenters. The number of hydrogen-bond donors (Lipinski definition) is 2. The Morgan fingerprint density at radius 3 is 2.65 bits per heavy atom. The van der Waals surface area contributed by atoms with E-state index in [1.165, 1.54) is 37.5 Å². The van der Waals surface area contributed by atoms with Crippen LogP contribution in [0, 0.1) is 17.5 Å². The molecular weight excluding hydrogens is 445 g/mol. The predicted molar refractivity (Wildman–Crippen MR) is 125 cm³/mol. The SMILES string of the molecule is C=c1c(-c2ccnc(N3CCOCC3)c2F)n[nH]/c1=C/N=C(C)c1c(F)cc(CNC)cc1F. The molecule has 2 N–H and O–H groups in total. The second-order valence-electron chi connectivity index (χ2n) is 7.87. The molecule has 10 heteroatoms. The Morgan fingerprint density at radius 1 is 1.26 bits per heavy atom. The van der Waals surface area contributed by atoms with Crippen molar-refractivity contribution in [2.75, 3.05) is 38.3 Å². The van der Waals surface area contributed by atoms with E-state index in [9.17, 15) is 8.78 Å². The van der Waals surface area contributed by atoms with Crippen LogP contribution < -0.4 is 20.8 Å². The summed E-state index contributed by atoms with van der Waals surface area (Å²) in [7, 11) is 1.70. The van der Waals surface area contributed by atoms with Gasteiger partial charge in [-0.3, -0.25) is 10.1 Å². The van der Waals surface area contributed by atoms with Crippen LogP contribution in [0.3, 0.4) is 0 Å². The lowest BCUT2D eigenvalue weighted by Crippen LogP contribution is -2.37. The van der Waals surface area contributed by atoms with Gasteiger partial charge in [-0.1, -0.05) is 6.58 Å². The number of hydrogen-bond acceptors (Lipinski definition) is 6. The normalized spacial score (nSPS) is 15.3. The Kier molecular flexibility index (Phi) is 7.09. The van der Waals surface area contributed by atoms with Gasteiger partial charge >= 0.3 is 0 Å². The highest BCUT2D eigenvalue weighted by Gasteiger charge is 2.21. The molecule has 1 aliphatic heterocycles. The van der Waals surface area contributed by atoms with E-state index in [1.807, 2.05) is 4.90 Å². The lowest BCUT2D eigenvalue weighted by atomic mass is 10.1. The number of aromatic amines is 1. The minimum absolute atomic E-state index is 0.145. The molecule has 0 saturated carbocycles. The van der Waals surface area contributed by atoms with Crippen LogP contribution in [0.4, 0.5) is 19.0 Å². The smallest absolute Gasteiger partial charge is 0.175 e. The summed E-state index contributed by atoms with van der Waals surface area (Å²) in [6, 6.07) is 4.07. The van der Waals surface area contributed by atoms with Crippen molar-refractivity contribution < 1.29 is 17.9 Å². The number of anilines is 1. The number of H-pyrrole nitrogens is 1. The Morgan fingerprint density at radius 2 is 1.97 bits per heavy atom. The first-order valence-electron chi connectivity index (χ1n) is 10.8. The lowest BCUT2D eigenvalue weighted by Gasteiger charge is -2.28. The molecule has 1 fully saturated rings. The van der Waals surface area contributed by atoms with Crippen LogP contribution in [0.1, 0.15) is 18.1 Å². The lowest BCUT2D eigenvalue weighted by molar-refractivity contribution is 0.122. The zero-order valence-electron chi connectivity index (χ0n) is 19.0. The van der Waals surface area contributed by atoms with Crippen LogP contribution in [0.2, 0.25) is 0 Å². The third-order valence-electron chi connectivity index (χ3n) is 5.57. The maximum atomic E-state index is 15.3. The predicted octanol–water partition coefficient (Wildman–Crippen LogP) is 2.10. The molecule has 0 bridgehead atoms. The zero-order chi connectivity index (χ0) is 24.2. The summed E-state index contributed by atoms with van der Waals surface area (Å²) < 4.78 is 49.6. The summed E-state index contributed by atoms with van der Waals surface area (Å²) in [5.41, 5.74) is 0.979. The monoisotopic (exact) mass is 470 g/mol. The van der Waals surface area contributed by atoms with Gasteiger partial charge in [0, 0.05) is 36.6 Å². The van der Waals surface area contributed by atoms with Crippen LogP contribution in [0.15, 0.2) is 29.4 Å². The van der Waals surface area contributed by atoms with Crippen molar-refractivity contribution in [1.29, 1.82) is 0 Å². The second-order valence-corrected chi connectivity index (χ2v) is 7.87. The van der Waals surface area contributed by atoms with Gasteiger partial charge in [0.05, 0.1) is 36.0 Å². The van der Waals surface area contributed by atoms with Crippen LogP contribution >= 0.6 is 0 Å². The van der Waals surface area contributed by atoms with Crippen molar-refractivity contribution in [3.05, 3.63) is 63.5 Å². The highest BCUT2D eigenvalue weighted by molar-refractivity contribution is 6.00. The Labute approximate surface area is 194 Å². The third-order valence-corrected chi connectivity index (χ3v) is 5.57. The van der Waals surface area contributed by atoms with Gasteiger partial charge in [0.1, 0.15) is 17.3 Å². The molecule has 0 spiro atoms. The fraction of sp³-hybridized carbons (Fsp3) is 0.292.